The van der Waals surface area contributed by atoms with Crippen LogP contribution < -0.4 is 21.3 Å². The lowest BCUT2D eigenvalue weighted by molar-refractivity contribution is -0.156. The summed E-state index contributed by atoms with van der Waals surface area (Å²) in [4.78, 5) is 52.9. The summed E-state index contributed by atoms with van der Waals surface area (Å²) in [5.41, 5.74) is 0. The molecule has 0 bridgehead atoms. The molecule has 0 aromatic carbocycles. The summed E-state index contributed by atoms with van der Waals surface area (Å²) < 4.78 is 14.2. The third-order valence-electron chi connectivity index (χ3n) is 3.78. The number of hydrogen-bond donors (Lipinski definition) is 6. The minimum atomic E-state index is -0.998. The van der Waals surface area contributed by atoms with Crippen molar-refractivity contribution in [2.45, 2.75) is 74.0 Å². The SMILES string of the molecule is CC(C)C(=O)NCO.CCC(=O)NC(OC)C(=O)OC.CCC(=O)NCO.CCC(=O)NCOCC(C)C. The summed E-state index contributed by atoms with van der Waals surface area (Å²) in [6, 6.07) is 0. The summed E-state index contributed by atoms with van der Waals surface area (Å²) in [5, 5.41) is 25.6. The standard InChI is InChI=1S/C8H17NO2.C7H13NO4.C5H11NO2.C4H9NO2/c1-4-8(10)9-6-11-5-7(2)3;1-4-5(9)8-6(11-2)7(10)12-3;1-4(2)5(8)6-3-7;1-2-4(7)5-3-6/h7H,4-6H2,1-3H3,(H,9,10);6H,4H2,1-3H3,(H,8,9);4,7H,3H2,1-2H3,(H,6,8);6H,2-3H2,1H3,(H,5,7). The van der Waals surface area contributed by atoms with Crippen LogP contribution in [0.3, 0.4) is 0 Å². The van der Waals surface area contributed by atoms with E-state index >= 15 is 0 Å². The molecule has 0 aromatic rings. The number of aliphatic hydroxyl groups is 2. The van der Waals surface area contributed by atoms with E-state index in [0.29, 0.717) is 38.5 Å². The largest absolute Gasteiger partial charge is 0.466 e. The van der Waals surface area contributed by atoms with E-state index in [2.05, 4.69) is 44.6 Å². The minimum absolute atomic E-state index is 0.0359. The Bertz CT molecular complexity index is 631. The third kappa shape index (κ3) is 33.2. The van der Waals surface area contributed by atoms with Gasteiger partial charge < -0.3 is 45.7 Å². The molecule has 14 heteroatoms. The average molecular weight is 555 g/mol. The Labute approximate surface area is 226 Å². The molecule has 226 valence electrons. The fourth-order valence-corrected chi connectivity index (χ4v) is 1.62. The van der Waals surface area contributed by atoms with Crippen molar-refractivity contribution in [3.63, 3.8) is 0 Å². The van der Waals surface area contributed by atoms with Crippen molar-refractivity contribution in [1.82, 2.24) is 21.3 Å². The van der Waals surface area contributed by atoms with Crippen molar-refractivity contribution in [1.29, 1.82) is 0 Å². The predicted molar refractivity (Wildman–Crippen MR) is 141 cm³/mol. The van der Waals surface area contributed by atoms with E-state index in [1.165, 1.54) is 14.2 Å². The minimum Gasteiger partial charge on any atom is -0.466 e. The van der Waals surface area contributed by atoms with E-state index in [1.807, 2.05) is 6.92 Å². The van der Waals surface area contributed by atoms with Gasteiger partial charge in [-0.3, -0.25) is 19.2 Å². The van der Waals surface area contributed by atoms with Crippen LogP contribution in [0, 0.1) is 11.8 Å². The van der Waals surface area contributed by atoms with Gasteiger partial charge in [-0.25, -0.2) is 4.79 Å². The number of ether oxygens (including phenoxy) is 3. The molecule has 0 radical (unpaired) electrons. The molecule has 0 saturated heterocycles. The number of amides is 4. The average Bonchev–Trinajstić information content (AvgIpc) is 2.90. The van der Waals surface area contributed by atoms with Crippen LogP contribution in [0.15, 0.2) is 0 Å². The summed E-state index contributed by atoms with van der Waals surface area (Å²) in [5.74, 6) is -0.592. The van der Waals surface area contributed by atoms with Crippen LogP contribution in [0.5, 0.6) is 0 Å². The van der Waals surface area contributed by atoms with Crippen molar-refractivity contribution in [2.24, 2.45) is 11.8 Å². The van der Waals surface area contributed by atoms with Crippen molar-refractivity contribution >= 4 is 29.6 Å². The smallest absolute Gasteiger partial charge is 0.356 e. The van der Waals surface area contributed by atoms with Crippen LogP contribution >= 0.6 is 0 Å². The Kier molecular flexibility index (Phi) is 33.8. The van der Waals surface area contributed by atoms with Crippen molar-refractivity contribution in [3.05, 3.63) is 0 Å². The number of hydrogen-bond acceptors (Lipinski definition) is 10. The number of aliphatic hydroxyl groups excluding tert-OH is 2. The Morgan fingerprint density at radius 1 is 0.737 bits per heavy atom. The van der Waals surface area contributed by atoms with Gasteiger partial charge in [0.1, 0.15) is 20.2 Å². The number of nitrogens with one attached hydrogen (secondary N) is 4. The van der Waals surface area contributed by atoms with Crippen LogP contribution in [0.2, 0.25) is 0 Å². The molecule has 0 aliphatic heterocycles. The van der Waals surface area contributed by atoms with Gasteiger partial charge in [-0.2, -0.15) is 0 Å². The number of carbonyl (C=O) groups is 5. The van der Waals surface area contributed by atoms with Gasteiger partial charge in [0, 0.05) is 32.3 Å². The first-order valence-corrected chi connectivity index (χ1v) is 12.3. The van der Waals surface area contributed by atoms with E-state index < -0.39 is 12.2 Å². The van der Waals surface area contributed by atoms with Crippen molar-refractivity contribution in [3.8, 4) is 0 Å². The molecule has 0 fully saturated rings. The van der Waals surface area contributed by atoms with Gasteiger partial charge >= 0.3 is 5.97 Å². The fourth-order valence-electron chi connectivity index (χ4n) is 1.62. The molecular formula is C24H50N4O10. The molecule has 6 N–H and O–H groups in total. The summed E-state index contributed by atoms with van der Waals surface area (Å²) in [7, 11) is 2.55. The summed E-state index contributed by atoms with van der Waals surface area (Å²) in [6.07, 6.45) is 0.255. The molecule has 0 aliphatic carbocycles. The van der Waals surface area contributed by atoms with Crippen LogP contribution in [0.25, 0.3) is 0 Å². The molecule has 38 heavy (non-hydrogen) atoms. The van der Waals surface area contributed by atoms with Gasteiger partial charge in [-0.1, -0.05) is 48.5 Å². The normalized spacial score (nSPS) is 10.2. The van der Waals surface area contributed by atoms with Crippen LogP contribution in [0.4, 0.5) is 0 Å². The van der Waals surface area contributed by atoms with E-state index in [0.717, 1.165) is 0 Å². The van der Waals surface area contributed by atoms with Gasteiger partial charge in [0.15, 0.2) is 0 Å². The molecule has 1 atom stereocenters. The maximum absolute atomic E-state index is 10.8. The van der Waals surface area contributed by atoms with Gasteiger partial charge in [0.25, 0.3) is 0 Å². The van der Waals surface area contributed by atoms with E-state index in [4.69, 9.17) is 14.9 Å². The lowest BCUT2D eigenvalue weighted by Gasteiger charge is -2.13. The molecule has 14 nitrogen and oxygen atoms in total. The van der Waals surface area contributed by atoms with Crippen LogP contribution in [0.1, 0.15) is 67.7 Å². The van der Waals surface area contributed by atoms with Gasteiger partial charge in [0.05, 0.1) is 13.7 Å². The second-order valence-electron chi connectivity index (χ2n) is 7.89. The number of rotatable bonds is 13. The highest BCUT2D eigenvalue weighted by atomic mass is 16.6. The Morgan fingerprint density at radius 2 is 1.21 bits per heavy atom. The molecule has 0 saturated carbocycles. The summed E-state index contributed by atoms with van der Waals surface area (Å²) >= 11 is 0. The second-order valence-corrected chi connectivity index (χ2v) is 7.89. The van der Waals surface area contributed by atoms with Gasteiger partial charge in [-0.05, 0) is 5.92 Å². The first kappa shape index (κ1) is 42.3. The molecule has 0 rings (SSSR count). The molecule has 0 aliphatic rings. The first-order valence-electron chi connectivity index (χ1n) is 12.3. The molecule has 0 heterocycles. The van der Waals surface area contributed by atoms with Crippen LogP contribution in [-0.4, -0.2) is 87.1 Å². The number of esters is 1. The van der Waals surface area contributed by atoms with E-state index in [-0.39, 0.29) is 43.0 Å². The fraction of sp³-hybridized carbons (Fsp3) is 0.792. The zero-order chi connectivity index (χ0) is 30.5. The Balaban J connectivity index is -0.000000207. The van der Waals surface area contributed by atoms with E-state index in [1.54, 1.807) is 27.7 Å². The Morgan fingerprint density at radius 3 is 1.50 bits per heavy atom. The van der Waals surface area contributed by atoms with Gasteiger partial charge in [-0.15, -0.1) is 0 Å². The maximum Gasteiger partial charge on any atom is 0.356 e. The van der Waals surface area contributed by atoms with Crippen LogP contribution in [-0.2, 0) is 38.2 Å². The zero-order valence-corrected chi connectivity index (χ0v) is 24.3. The van der Waals surface area contributed by atoms with Crippen molar-refractivity contribution < 1.29 is 48.4 Å². The quantitative estimate of drug-likeness (QED) is 0.102. The summed E-state index contributed by atoms with van der Waals surface area (Å²) in [6.45, 7) is 13.4. The van der Waals surface area contributed by atoms with Crippen molar-refractivity contribution in [2.75, 3.05) is 41.0 Å². The van der Waals surface area contributed by atoms with Gasteiger partial charge in [0.2, 0.25) is 29.9 Å². The number of methoxy groups -OCH3 is 2. The highest BCUT2D eigenvalue weighted by Crippen LogP contribution is 1.91. The molecule has 4 amide bonds. The van der Waals surface area contributed by atoms with E-state index in [9.17, 15) is 24.0 Å². The topological polar surface area (TPSA) is 202 Å². The lowest BCUT2D eigenvalue weighted by atomic mass is 10.2. The predicted octanol–water partition coefficient (Wildman–Crippen LogP) is -0.0284. The highest BCUT2D eigenvalue weighted by Gasteiger charge is 2.19. The molecular weight excluding hydrogens is 504 g/mol. The second kappa shape index (κ2) is 30.4. The monoisotopic (exact) mass is 554 g/mol. The zero-order valence-electron chi connectivity index (χ0n) is 24.3. The molecule has 0 spiro atoms. The Hall–Kier alpha value is -2.81. The lowest BCUT2D eigenvalue weighted by Crippen LogP contribution is -2.42. The maximum atomic E-state index is 10.8. The number of carbonyl (C=O) groups excluding carboxylic acids is 5. The molecule has 1 unspecified atom stereocenters. The first-order chi connectivity index (χ1) is 17.8. The highest BCUT2D eigenvalue weighted by molar-refractivity contribution is 5.83. The molecule has 0 aromatic heterocycles. The third-order valence-corrected chi connectivity index (χ3v) is 3.78.